The standard InChI is InChI=1S/C19H25N5O2/c1-13-21-17(26-23-13)19-9-16(22-18(25)20-2)8-15(19)11-24(12-19)10-14-6-4-3-5-7-14/h3-7,15-16H,8-12H2,1-2H3,(H2,20,22,25)/t15-,16+,19-/m0/s1. The van der Waals surface area contributed by atoms with Crippen molar-refractivity contribution >= 4 is 6.03 Å². The molecule has 1 aromatic heterocycles. The molecule has 1 aromatic carbocycles. The van der Waals surface area contributed by atoms with Crippen LogP contribution in [0.15, 0.2) is 34.9 Å². The Kier molecular flexibility index (Phi) is 4.40. The van der Waals surface area contributed by atoms with Crippen LogP contribution >= 0.6 is 0 Å². The number of fused-ring (bicyclic) bond motifs is 1. The Hall–Kier alpha value is -2.41. The molecule has 4 rings (SSSR count). The highest BCUT2D eigenvalue weighted by molar-refractivity contribution is 5.73. The van der Waals surface area contributed by atoms with Crippen LogP contribution in [0.3, 0.4) is 0 Å². The normalized spacial score (nSPS) is 28.1. The number of aryl methyl sites for hydroxylation is 1. The number of rotatable bonds is 4. The maximum Gasteiger partial charge on any atom is 0.314 e. The van der Waals surface area contributed by atoms with Crippen LogP contribution in [0.1, 0.15) is 30.1 Å². The summed E-state index contributed by atoms with van der Waals surface area (Å²) < 4.78 is 5.61. The second-order valence-corrected chi connectivity index (χ2v) is 7.52. The summed E-state index contributed by atoms with van der Waals surface area (Å²) in [6.07, 6.45) is 1.76. The number of amides is 2. The highest BCUT2D eigenvalue weighted by Gasteiger charge is 2.57. The minimum Gasteiger partial charge on any atom is -0.341 e. The van der Waals surface area contributed by atoms with Gasteiger partial charge < -0.3 is 15.2 Å². The fraction of sp³-hybridized carbons (Fsp3) is 0.526. The topological polar surface area (TPSA) is 83.3 Å². The van der Waals surface area contributed by atoms with E-state index in [9.17, 15) is 4.79 Å². The molecule has 2 N–H and O–H groups in total. The van der Waals surface area contributed by atoms with Crippen molar-refractivity contribution in [3.05, 3.63) is 47.6 Å². The second-order valence-electron chi connectivity index (χ2n) is 7.52. The molecule has 7 nitrogen and oxygen atoms in total. The third-order valence-corrected chi connectivity index (χ3v) is 5.71. The molecule has 2 amide bonds. The Bertz CT molecular complexity index is 777. The maximum absolute atomic E-state index is 11.8. The molecular weight excluding hydrogens is 330 g/mol. The van der Waals surface area contributed by atoms with Crippen LogP contribution in [0, 0.1) is 12.8 Å². The fourth-order valence-electron chi connectivity index (χ4n) is 4.64. The number of nitrogens with one attached hydrogen (secondary N) is 2. The summed E-state index contributed by atoms with van der Waals surface area (Å²) in [5.41, 5.74) is 1.13. The van der Waals surface area contributed by atoms with Crippen LogP contribution in [0.2, 0.25) is 0 Å². The van der Waals surface area contributed by atoms with Crippen molar-refractivity contribution in [2.24, 2.45) is 5.92 Å². The smallest absolute Gasteiger partial charge is 0.314 e. The van der Waals surface area contributed by atoms with Gasteiger partial charge in [-0.3, -0.25) is 4.90 Å². The number of likely N-dealkylation sites (tertiary alicyclic amines) is 1. The largest absolute Gasteiger partial charge is 0.341 e. The molecule has 1 aliphatic carbocycles. The number of carbonyl (C=O) groups excluding carboxylic acids is 1. The number of benzene rings is 1. The monoisotopic (exact) mass is 355 g/mol. The van der Waals surface area contributed by atoms with Gasteiger partial charge in [-0.2, -0.15) is 4.98 Å². The van der Waals surface area contributed by atoms with Crippen molar-refractivity contribution in [1.29, 1.82) is 0 Å². The molecule has 3 atom stereocenters. The zero-order chi connectivity index (χ0) is 18.1. The van der Waals surface area contributed by atoms with E-state index in [0.717, 1.165) is 38.4 Å². The summed E-state index contributed by atoms with van der Waals surface area (Å²) in [6.45, 7) is 4.62. The Morgan fingerprint density at radius 2 is 2.19 bits per heavy atom. The Balaban J connectivity index is 1.55. The molecule has 26 heavy (non-hydrogen) atoms. The van der Waals surface area contributed by atoms with Gasteiger partial charge in [-0.25, -0.2) is 4.79 Å². The van der Waals surface area contributed by atoms with Crippen LogP contribution in [0.4, 0.5) is 4.79 Å². The van der Waals surface area contributed by atoms with Crippen molar-refractivity contribution in [1.82, 2.24) is 25.7 Å². The molecule has 0 spiro atoms. The summed E-state index contributed by atoms with van der Waals surface area (Å²) in [5, 5.41) is 9.73. The molecule has 0 radical (unpaired) electrons. The lowest BCUT2D eigenvalue weighted by molar-refractivity contribution is 0.229. The molecule has 2 fully saturated rings. The molecule has 1 saturated heterocycles. The molecule has 2 heterocycles. The van der Waals surface area contributed by atoms with Crippen LogP contribution in [0.25, 0.3) is 0 Å². The number of hydrogen-bond donors (Lipinski definition) is 2. The van der Waals surface area contributed by atoms with E-state index in [0.29, 0.717) is 11.7 Å². The SMILES string of the molecule is CNC(=O)N[C@@H]1C[C@H]2CN(Cc3ccccc3)C[C@@]2(c2nc(C)no2)C1. The summed E-state index contributed by atoms with van der Waals surface area (Å²) >= 11 is 0. The van der Waals surface area contributed by atoms with Crippen molar-refractivity contribution in [3.8, 4) is 0 Å². The van der Waals surface area contributed by atoms with Crippen LogP contribution in [-0.2, 0) is 12.0 Å². The highest BCUT2D eigenvalue weighted by atomic mass is 16.5. The van der Waals surface area contributed by atoms with Crippen LogP contribution in [0.5, 0.6) is 0 Å². The number of aromatic nitrogens is 2. The number of hydrogen-bond acceptors (Lipinski definition) is 5. The molecule has 2 aromatic rings. The van der Waals surface area contributed by atoms with Gasteiger partial charge in [0.15, 0.2) is 5.82 Å². The van der Waals surface area contributed by atoms with E-state index >= 15 is 0 Å². The first-order valence-corrected chi connectivity index (χ1v) is 9.14. The molecule has 1 saturated carbocycles. The molecule has 138 valence electrons. The van der Waals surface area contributed by atoms with Gasteiger partial charge >= 0.3 is 6.03 Å². The fourth-order valence-corrected chi connectivity index (χ4v) is 4.64. The average molecular weight is 355 g/mol. The van der Waals surface area contributed by atoms with Crippen LogP contribution < -0.4 is 10.6 Å². The molecule has 0 bridgehead atoms. The van der Waals surface area contributed by atoms with Gasteiger partial charge in [-0.15, -0.1) is 0 Å². The minimum absolute atomic E-state index is 0.131. The van der Waals surface area contributed by atoms with Crippen molar-refractivity contribution < 1.29 is 9.32 Å². The second kappa shape index (κ2) is 6.72. The van der Waals surface area contributed by atoms with Gasteiger partial charge in [0, 0.05) is 32.7 Å². The number of nitrogens with zero attached hydrogens (tertiary/aromatic N) is 3. The summed E-state index contributed by atoms with van der Waals surface area (Å²) in [7, 11) is 1.64. The molecule has 2 aliphatic rings. The summed E-state index contributed by atoms with van der Waals surface area (Å²) in [6, 6.07) is 10.5. The van der Waals surface area contributed by atoms with Gasteiger partial charge in [-0.1, -0.05) is 35.5 Å². The van der Waals surface area contributed by atoms with E-state index in [1.807, 2.05) is 13.0 Å². The maximum atomic E-state index is 11.8. The van der Waals surface area contributed by atoms with Crippen LogP contribution in [-0.4, -0.2) is 47.3 Å². The van der Waals surface area contributed by atoms with Crippen molar-refractivity contribution in [2.45, 2.75) is 37.8 Å². The lowest BCUT2D eigenvalue weighted by atomic mass is 9.80. The minimum atomic E-state index is -0.179. The third kappa shape index (κ3) is 3.07. The van der Waals surface area contributed by atoms with E-state index in [-0.39, 0.29) is 17.5 Å². The molecule has 7 heteroatoms. The first-order chi connectivity index (χ1) is 12.6. The molecular formula is C19H25N5O2. The Morgan fingerprint density at radius 3 is 2.88 bits per heavy atom. The van der Waals surface area contributed by atoms with Gasteiger partial charge in [0.1, 0.15) is 0 Å². The number of carbonyl (C=O) groups is 1. The van der Waals surface area contributed by atoms with Gasteiger partial charge in [-0.05, 0) is 31.2 Å². The quantitative estimate of drug-likeness (QED) is 0.874. The van der Waals surface area contributed by atoms with Crippen molar-refractivity contribution in [3.63, 3.8) is 0 Å². The van der Waals surface area contributed by atoms with Gasteiger partial charge in [0.05, 0.1) is 5.41 Å². The van der Waals surface area contributed by atoms with Gasteiger partial charge in [0.2, 0.25) is 5.89 Å². The molecule has 0 unspecified atom stereocenters. The lowest BCUT2D eigenvalue weighted by Crippen LogP contribution is -2.41. The molecule has 1 aliphatic heterocycles. The van der Waals surface area contributed by atoms with Crippen molar-refractivity contribution in [2.75, 3.05) is 20.1 Å². The van der Waals surface area contributed by atoms with E-state index in [4.69, 9.17) is 4.52 Å². The van der Waals surface area contributed by atoms with Gasteiger partial charge in [0.25, 0.3) is 0 Å². The summed E-state index contributed by atoms with van der Waals surface area (Å²) in [5.74, 6) is 1.78. The zero-order valence-electron chi connectivity index (χ0n) is 15.2. The average Bonchev–Trinajstić information content (AvgIpc) is 3.28. The first kappa shape index (κ1) is 17.0. The van der Waals surface area contributed by atoms with E-state index in [2.05, 4.69) is 49.9 Å². The van der Waals surface area contributed by atoms with E-state index in [1.165, 1.54) is 5.56 Å². The Morgan fingerprint density at radius 1 is 1.38 bits per heavy atom. The first-order valence-electron chi connectivity index (χ1n) is 9.14. The lowest BCUT2D eigenvalue weighted by Gasteiger charge is -2.25. The number of urea groups is 1. The Labute approximate surface area is 153 Å². The predicted octanol–water partition coefficient (Wildman–Crippen LogP) is 1.84. The predicted molar refractivity (Wildman–Crippen MR) is 96.5 cm³/mol. The van der Waals surface area contributed by atoms with E-state index in [1.54, 1.807) is 7.05 Å². The summed E-state index contributed by atoms with van der Waals surface area (Å²) in [4.78, 5) is 18.8. The van der Waals surface area contributed by atoms with E-state index < -0.39 is 0 Å². The zero-order valence-corrected chi connectivity index (χ0v) is 15.2. The highest BCUT2D eigenvalue weighted by Crippen LogP contribution is 2.50. The third-order valence-electron chi connectivity index (χ3n) is 5.71.